The minimum atomic E-state index is -1.54. The van der Waals surface area contributed by atoms with E-state index in [9.17, 15) is 9.59 Å². The molecule has 6 nitrogen and oxygen atoms in total. The van der Waals surface area contributed by atoms with Crippen LogP contribution < -0.4 is 4.90 Å². The molecule has 170 valence electrons. The Morgan fingerprint density at radius 1 is 1.16 bits per heavy atom. The molecular weight excluding hydrogens is 407 g/mol. The molecule has 0 spiro atoms. The highest BCUT2D eigenvalue weighted by molar-refractivity contribution is 6.00. The quantitative estimate of drug-likeness (QED) is 0.704. The zero-order valence-corrected chi connectivity index (χ0v) is 19.3. The first-order valence-corrected chi connectivity index (χ1v) is 11.4. The number of rotatable bonds is 5. The monoisotopic (exact) mass is 438 g/mol. The molecule has 3 heterocycles. The number of piperidine rings is 1. The highest BCUT2D eigenvalue weighted by Gasteiger charge is 2.42. The summed E-state index contributed by atoms with van der Waals surface area (Å²) >= 11 is 0. The lowest BCUT2D eigenvalue weighted by atomic mass is 9.92. The van der Waals surface area contributed by atoms with Crippen LogP contribution in [0.5, 0.6) is 0 Å². The maximum absolute atomic E-state index is 15.7. The smallest absolute Gasteiger partial charge is 0.232 e. The average Bonchev–Trinajstić information content (AvgIpc) is 3.07. The third-order valence-corrected chi connectivity index (χ3v) is 6.47. The first kappa shape index (κ1) is 22.4. The van der Waals surface area contributed by atoms with Gasteiger partial charge in [-0.15, -0.1) is 0 Å². The van der Waals surface area contributed by atoms with Crippen LogP contribution in [0, 0.1) is 5.92 Å². The van der Waals surface area contributed by atoms with Gasteiger partial charge in [0.15, 0.2) is 5.82 Å². The molecule has 0 radical (unpaired) electrons. The molecule has 0 atom stereocenters. The van der Waals surface area contributed by atoms with Crippen molar-refractivity contribution in [1.82, 2.24) is 14.9 Å². The summed E-state index contributed by atoms with van der Waals surface area (Å²) in [5, 5.41) is 0. The number of amides is 2. The largest absolute Gasteiger partial charge is 0.342 e. The molecule has 2 aromatic rings. The number of aromatic nitrogens is 2. The van der Waals surface area contributed by atoms with E-state index in [2.05, 4.69) is 24.9 Å². The molecule has 1 aromatic carbocycles. The fourth-order valence-corrected chi connectivity index (χ4v) is 4.56. The third kappa shape index (κ3) is 4.25. The fraction of sp³-hybridized carbons (Fsp3) is 0.520. The van der Waals surface area contributed by atoms with Gasteiger partial charge < -0.3 is 4.90 Å². The number of likely N-dealkylation sites (tertiary alicyclic amines) is 1. The van der Waals surface area contributed by atoms with E-state index in [0.29, 0.717) is 30.6 Å². The first-order chi connectivity index (χ1) is 15.2. The molecule has 7 heteroatoms. The van der Waals surface area contributed by atoms with E-state index in [1.807, 2.05) is 32.0 Å². The van der Waals surface area contributed by atoms with Crippen molar-refractivity contribution in [2.24, 2.45) is 5.92 Å². The molecule has 1 aromatic heterocycles. The van der Waals surface area contributed by atoms with Gasteiger partial charge in [-0.1, -0.05) is 52.0 Å². The van der Waals surface area contributed by atoms with Crippen molar-refractivity contribution in [1.29, 1.82) is 0 Å². The number of alkyl halides is 1. The van der Waals surface area contributed by atoms with E-state index < -0.39 is 5.67 Å². The molecule has 0 saturated carbocycles. The van der Waals surface area contributed by atoms with Crippen LogP contribution in [0.25, 0.3) is 11.4 Å². The zero-order chi connectivity index (χ0) is 23.0. The van der Waals surface area contributed by atoms with Crippen LogP contribution in [0.4, 0.5) is 10.2 Å². The Balaban J connectivity index is 1.57. The maximum atomic E-state index is 15.7. The van der Waals surface area contributed by atoms with Gasteiger partial charge in [0.1, 0.15) is 11.5 Å². The molecule has 2 aliphatic heterocycles. The van der Waals surface area contributed by atoms with Gasteiger partial charge in [-0.2, -0.15) is 0 Å². The minimum Gasteiger partial charge on any atom is -0.342 e. The Morgan fingerprint density at radius 3 is 2.50 bits per heavy atom. The molecule has 0 aliphatic carbocycles. The molecule has 4 rings (SSSR count). The number of benzene rings is 1. The van der Waals surface area contributed by atoms with Crippen molar-refractivity contribution < 1.29 is 14.0 Å². The summed E-state index contributed by atoms with van der Waals surface area (Å²) in [7, 11) is 0. The second-order valence-corrected chi connectivity index (χ2v) is 9.57. The molecule has 2 amide bonds. The van der Waals surface area contributed by atoms with Crippen LogP contribution in [-0.2, 0) is 16.0 Å². The number of fused-ring (bicyclic) bond motifs is 1. The van der Waals surface area contributed by atoms with Crippen LogP contribution in [0.2, 0.25) is 0 Å². The predicted molar refractivity (Wildman–Crippen MR) is 122 cm³/mol. The van der Waals surface area contributed by atoms with Crippen LogP contribution in [-0.4, -0.2) is 52.0 Å². The first-order valence-electron chi connectivity index (χ1n) is 11.4. The van der Waals surface area contributed by atoms with E-state index in [1.54, 1.807) is 11.1 Å². The van der Waals surface area contributed by atoms with Crippen molar-refractivity contribution in [3.8, 4) is 11.4 Å². The summed E-state index contributed by atoms with van der Waals surface area (Å²) < 4.78 is 15.7. The van der Waals surface area contributed by atoms with E-state index in [4.69, 9.17) is 4.98 Å². The summed E-state index contributed by atoms with van der Waals surface area (Å²) in [6.07, 6.45) is 2.33. The van der Waals surface area contributed by atoms with Crippen LogP contribution in [0.15, 0.2) is 30.5 Å². The standard InChI is InChI=1S/C25H31FN4O2/c1-16(2)19-7-5-6-8-20(19)22-27-14-18-13-21(31)30(23(18)28-22)15-25(26)9-11-29(12-10-25)24(32)17(3)4/h5-8,14,16-17H,9-13,15H2,1-4H3. The van der Waals surface area contributed by atoms with Gasteiger partial charge in [-0.25, -0.2) is 14.4 Å². The Kier molecular flexibility index (Phi) is 6.01. The van der Waals surface area contributed by atoms with Crippen molar-refractivity contribution in [3.63, 3.8) is 0 Å². The molecule has 1 fully saturated rings. The number of carbonyl (C=O) groups is 2. The Morgan fingerprint density at radius 2 is 1.84 bits per heavy atom. The van der Waals surface area contributed by atoms with Gasteiger partial charge in [0, 0.05) is 49.2 Å². The van der Waals surface area contributed by atoms with Crippen molar-refractivity contribution in [2.45, 2.75) is 58.5 Å². The summed E-state index contributed by atoms with van der Waals surface area (Å²) in [6.45, 7) is 8.65. The van der Waals surface area contributed by atoms with Gasteiger partial charge in [-0.3, -0.25) is 14.5 Å². The van der Waals surface area contributed by atoms with Crippen molar-refractivity contribution >= 4 is 17.6 Å². The molecule has 2 aliphatic rings. The summed E-state index contributed by atoms with van der Waals surface area (Å²) in [5.74, 6) is 1.16. The highest BCUT2D eigenvalue weighted by atomic mass is 19.1. The third-order valence-electron chi connectivity index (χ3n) is 6.47. The van der Waals surface area contributed by atoms with Gasteiger partial charge in [0.05, 0.1) is 13.0 Å². The van der Waals surface area contributed by atoms with Crippen molar-refractivity contribution in [3.05, 3.63) is 41.6 Å². The molecular formula is C25H31FN4O2. The van der Waals surface area contributed by atoms with Crippen LogP contribution in [0.1, 0.15) is 57.6 Å². The summed E-state index contributed by atoms with van der Waals surface area (Å²) in [6, 6.07) is 7.98. The number of carbonyl (C=O) groups excluding carboxylic acids is 2. The Hall–Kier alpha value is -2.83. The minimum absolute atomic E-state index is 0.0369. The summed E-state index contributed by atoms with van der Waals surface area (Å²) in [5.41, 5.74) is 1.26. The second kappa shape index (κ2) is 8.60. The molecule has 0 bridgehead atoms. The molecule has 0 N–H and O–H groups in total. The lowest BCUT2D eigenvalue weighted by molar-refractivity contribution is -0.137. The molecule has 1 saturated heterocycles. The maximum Gasteiger partial charge on any atom is 0.232 e. The topological polar surface area (TPSA) is 66.4 Å². The number of hydrogen-bond acceptors (Lipinski definition) is 4. The fourth-order valence-electron chi connectivity index (χ4n) is 4.56. The van der Waals surface area contributed by atoms with Crippen LogP contribution >= 0.6 is 0 Å². The van der Waals surface area contributed by atoms with Gasteiger partial charge in [0.25, 0.3) is 0 Å². The lowest BCUT2D eigenvalue weighted by Gasteiger charge is -2.38. The zero-order valence-electron chi connectivity index (χ0n) is 19.3. The van der Waals surface area contributed by atoms with E-state index in [1.165, 1.54) is 4.90 Å². The van der Waals surface area contributed by atoms with Crippen LogP contribution in [0.3, 0.4) is 0 Å². The Bertz CT molecular complexity index is 1030. The Labute approximate surface area is 188 Å². The number of halogens is 1. The second-order valence-electron chi connectivity index (χ2n) is 9.57. The lowest BCUT2D eigenvalue weighted by Crippen LogP contribution is -2.51. The van der Waals surface area contributed by atoms with E-state index in [-0.39, 0.29) is 43.5 Å². The average molecular weight is 439 g/mol. The molecule has 32 heavy (non-hydrogen) atoms. The highest BCUT2D eigenvalue weighted by Crippen LogP contribution is 2.35. The van der Waals surface area contributed by atoms with Crippen molar-refractivity contribution in [2.75, 3.05) is 24.5 Å². The normalized spacial score (nSPS) is 17.9. The van der Waals surface area contributed by atoms with Gasteiger partial charge in [-0.05, 0) is 11.5 Å². The number of anilines is 1. The van der Waals surface area contributed by atoms with Gasteiger partial charge >= 0.3 is 0 Å². The van der Waals surface area contributed by atoms with E-state index >= 15 is 4.39 Å². The van der Waals surface area contributed by atoms with Gasteiger partial charge in [0.2, 0.25) is 11.8 Å². The number of hydrogen-bond donors (Lipinski definition) is 0. The predicted octanol–water partition coefficient (Wildman–Crippen LogP) is 4.14. The summed E-state index contributed by atoms with van der Waals surface area (Å²) in [4.78, 5) is 37.4. The number of nitrogens with zero attached hydrogens (tertiary/aromatic N) is 4. The molecule has 0 unspecified atom stereocenters. The SMILES string of the molecule is CC(C)C(=O)N1CCC(F)(CN2C(=O)Cc3cnc(-c4ccccc4C(C)C)nc32)CC1. The van der Waals surface area contributed by atoms with E-state index in [0.717, 1.165) is 16.7 Å².